The second-order valence-corrected chi connectivity index (χ2v) is 10.6. The minimum absolute atomic E-state index is 0.0480. The summed E-state index contributed by atoms with van der Waals surface area (Å²) in [5, 5.41) is 12.7. The van der Waals surface area contributed by atoms with E-state index in [4.69, 9.17) is 15.9 Å². The van der Waals surface area contributed by atoms with Gasteiger partial charge in [0.15, 0.2) is 0 Å². The molecule has 0 bridgehead atoms. The minimum Gasteiger partial charge on any atom is -0.489 e. The number of rotatable bonds is 9. The van der Waals surface area contributed by atoms with Gasteiger partial charge in [0.1, 0.15) is 41.0 Å². The Kier molecular flexibility index (Phi) is 7.37. The maximum atomic E-state index is 14.7. The van der Waals surface area contributed by atoms with E-state index in [2.05, 4.69) is 15.6 Å². The highest BCUT2D eigenvalue weighted by Gasteiger charge is 2.47. The number of nitrogens with two attached hydrogens (primary N) is 1. The van der Waals surface area contributed by atoms with E-state index in [9.17, 15) is 31.5 Å². The van der Waals surface area contributed by atoms with Crippen LogP contribution in [0.3, 0.4) is 0 Å². The van der Waals surface area contributed by atoms with E-state index in [1.807, 2.05) is 0 Å². The SMILES string of the molecule is C[C@]1(C(N)=O)COc2c1cc([C@@H](CNC(=O)c1cc(F)c(C=N)c(NC3CC3)c1)C(F)(F)F)nc2-c1ccc(F)cc1. The second-order valence-electron chi connectivity index (χ2n) is 10.6. The van der Waals surface area contributed by atoms with Crippen molar-refractivity contribution in [1.29, 1.82) is 5.41 Å². The Labute approximate surface area is 237 Å². The van der Waals surface area contributed by atoms with Crippen molar-refractivity contribution < 1.29 is 36.3 Å². The molecule has 0 radical (unpaired) electrons. The Morgan fingerprint density at radius 3 is 2.48 bits per heavy atom. The number of nitrogens with one attached hydrogen (secondary N) is 3. The first kappa shape index (κ1) is 29.0. The van der Waals surface area contributed by atoms with Crippen LogP contribution in [0.15, 0.2) is 42.5 Å². The molecular formula is C29H26F5N5O3. The van der Waals surface area contributed by atoms with E-state index in [0.717, 1.165) is 43.3 Å². The lowest BCUT2D eigenvalue weighted by Crippen LogP contribution is -2.40. The molecule has 1 saturated carbocycles. The summed E-state index contributed by atoms with van der Waals surface area (Å²) in [6.07, 6.45) is -2.46. The Balaban J connectivity index is 1.51. The number of carbonyl (C=O) groups excluding carboxylic acids is 2. The molecule has 220 valence electrons. The third kappa shape index (κ3) is 5.50. The van der Waals surface area contributed by atoms with Crippen LogP contribution in [0.25, 0.3) is 11.3 Å². The van der Waals surface area contributed by atoms with Crippen molar-refractivity contribution in [3.05, 3.63) is 76.5 Å². The number of benzene rings is 2. The average Bonchev–Trinajstić information content (AvgIpc) is 3.68. The summed E-state index contributed by atoms with van der Waals surface area (Å²) in [5.74, 6) is -5.54. The largest absolute Gasteiger partial charge is 0.489 e. The summed E-state index contributed by atoms with van der Waals surface area (Å²) in [7, 11) is 0. The highest BCUT2D eigenvalue weighted by Crippen LogP contribution is 2.46. The third-order valence-corrected chi connectivity index (χ3v) is 7.45. The standard InChI is InChI=1S/C29H26F5N5O3/c1-28(27(36)41)13-42-25-19(28)10-23(39-24(25)14-2-4-16(30)5-3-14)20(29(32,33)34)12-37-26(40)15-8-21(31)18(11-35)22(9-15)38-17-6-7-17/h2-5,8-11,17,20,35,38H,6-7,12-13H2,1H3,(H2,36,41)(H,37,40)/t20-,28+/m1/s1. The zero-order chi connectivity index (χ0) is 30.4. The van der Waals surface area contributed by atoms with Crippen LogP contribution in [-0.4, -0.2) is 48.4 Å². The van der Waals surface area contributed by atoms with Crippen molar-refractivity contribution in [2.45, 2.75) is 43.3 Å². The van der Waals surface area contributed by atoms with E-state index >= 15 is 0 Å². The van der Waals surface area contributed by atoms with Gasteiger partial charge in [-0.25, -0.2) is 13.8 Å². The average molecular weight is 588 g/mol. The van der Waals surface area contributed by atoms with Crippen LogP contribution in [0, 0.1) is 17.0 Å². The Bertz CT molecular complexity index is 1570. The predicted octanol–water partition coefficient (Wildman–Crippen LogP) is 4.81. The number of fused-ring (bicyclic) bond motifs is 1. The fourth-order valence-electron chi connectivity index (χ4n) is 4.74. The lowest BCUT2D eigenvalue weighted by atomic mass is 9.82. The first-order valence-electron chi connectivity index (χ1n) is 13.0. The molecule has 2 heterocycles. The molecule has 1 aromatic heterocycles. The maximum absolute atomic E-state index is 14.7. The number of anilines is 1. The number of hydrogen-bond donors (Lipinski definition) is 4. The zero-order valence-corrected chi connectivity index (χ0v) is 22.2. The van der Waals surface area contributed by atoms with Crippen molar-refractivity contribution in [2.24, 2.45) is 5.73 Å². The van der Waals surface area contributed by atoms with Gasteiger partial charge >= 0.3 is 6.18 Å². The first-order chi connectivity index (χ1) is 19.8. The third-order valence-electron chi connectivity index (χ3n) is 7.45. The van der Waals surface area contributed by atoms with Gasteiger partial charge in [0.25, 0.3) is 5.91 Å². The molecule has 0 saturated heterocycles. The summed E-state index contributed by atoms with van der Waals surface area (Å²) in [6.45, 7) is 0.229. The van der Waals surface area contributed by atoms with Crippen molar-refractivity contribution in [3.8, 4) is 17.0 Å². The molecule has 2 amide bonds. The molecule has 0 spiro atoms. The lowest BCUT2D eigenvalue weighted by molar-refractivity contribution is -0.149. The summed E-state index contributed by atoms with van der Waals surface area (Å²) < 4.78 is 77.3. The molecule has 0 unspecified atom stereocenters. The van der Waals surface area contributed by atoms with Crippen LogP contribution in [0.5, 0.6) is 5.75 Å². The Morgan fingerprint density at radius 1 is 1.19 bits per heavy atom. The Morgan fingerprint density at radius 2 is 1.88 bits per heavy atom. The van der Waals surface area contributed by atoms with Gasteiger partial charge in [0.05, 0.1) is 11.3 Å². The van der Waals surface area contributed by atoms with Crippen molar-refractivity contribution in [2.75, 3.05) is 18.5 Å². The number of amides is 2. The van der Waals surface area contributed by atoms with Gasteiger partial charge in [-0.3, -0.25) is 9.59 Å². The number of nitrogens with zero attached hydrogens (tertiary/aromatic N) is 1. The van der Waals surface area contributed by atoms with Gasteiger partial charge in [0, 0.05) is 41.2 Å². The number of carbonyl (C=O) groups is 2. The molecule has 42 heavy (non-hydrogen) atoms. The molecule has 1 aliphatic heterocycles. The smallest absolute Gasteiger partial charge is 0.398 e. The quantitative estimate of drug-likeness (QED) is 0.211. The molecule has 2 atom stereocenters. The molecular weight excluding hydrogens is 561 g/mol. The highest BCUT2D eigenvalue weighted by molar-refractivity contribution is 5.98. The van der Waals surface area contributed by atoms with Crippen LogP contribution in [0.2, 0.25) is 0 Å². The van der Waals surface area contributed by atoms with Gasteiger partial charge in [-0.2, -0.15) is 13.2 Å². The first-order valence-corrected chi connectivity index (χ1v) is 13.0. The van der Waals surface area contributed by atoms with E-state index in [1.165, 1.54) is 25.1 Å². The molecule has 5 rings (SSSR count). The molecule has 2 aromatic carbocycles. The van der Waals surface area contributed by atoms with E-state index in [0.29, 0.717) is 0 Å². The number of hydrogen-bond acceptors (Lipinski definition) is 6. The van der Waals surface area contributed by atoms with Crippen molar-refractivity contribution in [1.82, 2.24) is 10.3 Å². The van der Waals surface area contributed by atoms with Crippen LogP contribution in [0.4, 0.5) is 27.6 Å². The minimum atomic E-state index is -4.91. The van der Waals surface area contributed by atoms with Gasteiger partial charge < -0.3 is 26.5 Å². The second kappa shape index (κ2) is 10.7. The summed E-state index contributed by atoms with van der Waals surface area (Å²) in [5.41, 5.74) is 3.76. The normalized spacial score (nSPS) is 18.5. The molecule has 8 nitrogen and oxygen atoms in total. The van der Waals surface area contributed by atoms with Crippen LogP contribution in [-0.2, 0) is 10.2 Å². The number of halogens is 5. The van der Waals surface area contributed by atoms with Gasteiger partial charge in [0.2, 0.25) is 5.91 Å². The lowest BCUT2D eigenvalue weighted by Gasteiger charge is -2.24. The van der Waals surface area contributed by atoms with Gasteiger partial charge in [-0.1, -0.05) is 0 Å². The highest BCUT2D eigenvalue weighted by atomic mass is 19.4. The fraction of sp³-hybridized carbons (Fsp3) is 0.310. The van der Waals surface area contributed by atoms with Gasteiger partial charge in [-0.05, 0) is 62.2 Å². The number of primary amides is 1. The van der Waals surface area contributed by atoms with Crippen LogP contribution in [0.1, 0.15) is 52.9 Å². The van der Waals surface area contributed by atoms with Crippen molar-refractivity contribution in [3.63, 3.8) is 0 Å². The molecule has 1 aliphatic carbocycles. The van der Waals surface area contributed by atoms with E-state index in [1.54, 1.807) is 0 Å². The fourth-order valence-corrected chi connectivity index (χ4v) is 4.74. The number of ether oxygens (including phenoxy) is 1. The molecule has 5 N–H and O–H groups in total. The van der Waals surface area contributed by atoms with Crippen LogP contribution >= 0.6 is 0 Å². The Hall–Kier alpha value is -4.55. The molecule has 13 heteroatoms. The van der Waals surface area contributed by atoms with Gasteiger partial charge in [-0.15, -0.1) is 0 Å². The molecule has 3 aromatic rings. The van der Waals surface area contributed by atoms with E-state index in [-0.39, 0.29) is 52.0 Å². The summed E-state index contributed by atoms with van der Waals surface area (Å²) in [4.78, 5) is 29.5. The summed E-state index contributed by atoms with van der Waals surface area (Å²) in [6, 6.07) is 8.13. The number of alkyl halides is 3. The van der Waals surface area contributed by atoms with Crippen LogP contribution < -0.4 is 21.1 Å². The monoisotopic (exact) mass is 587 g/mol. The predicted molar refractivity (Wildman–Crippen MR) is 144 cm³/mol. The molecule has 1 fully saturated rings. The zero-order valence-electron chi connectivity index (χ0n) is 22.2. The molecule has 2 aliphatic rings. The number of aromatic nitrogens is 1. The summed E-state index contributed by atoms with van der Waals surface area (Å²) >= 11 is 0. The number of pyridine rings is 1. The van der Waals surface area contributed by atoms with E-state index < -0.39 is 53.2 Å². The topological polar surface area (TPSA) is 130 Å². The maximum Gasteiger partial charge on any atom is 0.398 e. The van der Waals surface area contributed by atoms with Crippen molar-refractivity contribution >= 4 is 23.7 Å².